The number of pyridine rings is 1. The topological polar surface area (TPSA) is 61.9 Å². The normalized spacial score (nSPS) is 13.8. The molecule has 6 nitrogen and oxygen atoms in total. The molecular weight excluding hydrogens is 316 g/mol. The second kappa shape index (κ2) is 6.55. The van der Waals surface area contributed by atoms with Crippen molar-refractivity contribution in [1.82, 2.24) is 19.3 Å². The van der Waals surface area contributed by atoms with Gasteiger partial charge in [-0.05, 0) is 31.0 Å². The third kappa shape index (κ3) is 3.20. The standard InChI is InChI=1S/C19H20N4O2/c1-25-16-7-3-2-6-15(16)23-17(20-19(21-23)14-9-10-14)11-13-22-12-5-4-8-18(22)24/h2-8,12,14H,9-11,13H2,1H3. The van der Waals surface area contributed by atoms with Crippen molar-refractivity contribution in [1.29, 1.82) is 0 Å². The van der Waals surface area contributed by atoms with Gasteiger partial charge in [-0.3, -0.25) is 4.79 Å². The van der Waals surface area contributed by atoms with Gasteiger partial charge in [0.25, 0.3) is 5.56 Å². The molecule has 6 heteroatoms. The van der Waals surface area contributed by atoms with Crippen LogP contribution in [0.4, 0.5) is 0 Å². The van der Waals surface area contributed by atoms with E-state index < -0.39 is 0 Å². The molecule has 1 fully saturated rings. The van der Waals surface area contributed by atoms with Gasteiger partial charge in [0.2, 0.25) is 0 Å². The number of methoxy groups -OCH3 is 1. The fourth-order valence-electron chi connectivity index (χ4n) is 2.90. The van der Waals surface area contributed by atoms with Gasteiger partial charge in [0, 0.05) is 31.1 Å². The van der Waals surface area contributed by atoms with E-state index in [9.17, 15) is 4.79 Å². The molecule has 0 amide bonds. The van der Waals surface area contributed by atoms with Crippen LogP contribution in [0.1, 0.15) is 30.4 Å². The number of rotatable bonds is 6. The highest BCUT2D eigenvalue weighted by Gasteiger charge is 2.29. The lowest BCUT2D eigenvalue weighted by molar-refractivity contribution is 0.411. The lowest BCUT2D eigenvalue weighted by atomic mass is 10.3. The zero-order chi connectivity index (χ0) is 17.2. The summed E-state index contributed by atoms with van der Waals surface area (Å²) in [6.07, 6.45) is 4.72. The molecule has 0 aliphatic heterocycles. The SMILES string of the molecule is COc1ccccc1-n1nc(C2CC2)nc1CCn1ccccc1=O. The summed E-state index contributed by atoms with van der Waals surface area (Å²) < 4.78 is 9.03. The first-order chi connectivity index (χ1) is 12.3. The Labute approximate surface area is 145 Å². The lowest BCUT2D eigenvalue weighted by Gasteiger charge is -2.10. The Morgan fingerprint density at radius 3 is 2.72 bits per heavy atom. The fraction of sp³-hybridized carbons (Fsp3) is 0.316. The van der Waals surface area contributed by atoms with Crippen LogP contribution in [0.25, 0.3) is 5.69 Å². The largest absolute Gasteiger partial charge is 0.494 e. The fourth-order valence-corrected chi connectivity index (χ4v) is 2.90. The van der Waals surface area contributed by atoms with E-state index >= 15 is 0 Å². The summed E-state index contributed by atoms with van der Waals surface area (Å²) in [6.45, 7) is 0.567. The van der Waals surface area contributed by atoms with Crippen LogP contribution in [0.3, 0.4) is 0 Å². The maximum atomic E-state index is 11.9. The number of hydrogen-bond donors (Lipinski definition) is 0. The highest BCUT2D eigenvalue weighted by molar-refractivity contribution is 5.46. The van der Waals surface area contributed by atoms with Gasteiger partial charge in [-0.2, -0.15) is 5.10 Å². The van der Waals surface area contributed by atoms with Crippen molar-refractivity contribution >= 4 is 0 Å². The maximum Gasteiger partial charge on any atom is 0.250 e. The third-order valence-electron chi connectivity index (χ3n) is 4.42. The molecule has 0 unspecified atom stereocenters. The Hall–Kier alpha value is -2.89. The molecule has 3 aromatic rings. The molecule has 0 N–H and O–H groups in total. The molecule has 0 radical (unpaired) electrons. The summed E-state index contributed by atoms with van der Waals surface area (Å²) in [4.78, 5) is 16.7. The number of nitrogens with zero attached hydrogens (tertiary/aromatic N) is 4. The van der Waals surface area contributed by atoms with Crippen LogP contribution in [0.5, 0.6) is 5.75 Å². The van der Waals surface area contributed by atoms with E-state index in [1.165, 1.54) is 0 Å². The highest BCUT2D eigenvalue weighted by Crippen LogP contribution is 2.38. The summed E-state index contributed by atoms with van der Waals surface area (Å²) in [5.41, 5.74) is 0.869. The van der Waals surface area contributed by atoms with Gasteiger partial charge in [-0.25, -0.2) is 9.67 Å². The minimum absolute atomic E-state index is 0.00623. The minimum Gasteiger partial charge on any atom is -0.494 e. The van der Waals surface area contributed by atoms with Gasteiger partial charge in [0.15, 0.2) is 5.82 Å². The lowest BCUT2D eigenvalue weighted by Crippen LogP contribution is -2.20. The molecular formula is C19H20N4O2. The predicted octanol–water partition coefficient (Wildman–Crippen LogP) is 2.56. The van der Waals surface area contributed by atoms with Gasteiger partial charge >= 0.3 is 0 Å². The van der Waals surface area contributed by atoms with Crippen molar-refractivity contribution in [3.8, 4) is 11.4 Å². The third-order valence-corrected chi connectivity index (χ3v) is 4.42. The van der Waals surface area contributed by atoms with E-state index in [0.717, 1.165) is 35.9 Å². The van der Waals surface area contributed by atoms with Crippen LogP contribution in [-0.2, 0) is 13.0 Å². The first kappa shape index (κ1) is 15.6. The van der Waals surface area contributed by atoms with Gasteiger partial charge in [0.05, 0.1) is 7.11 Å². The molecule has 1 saturated carbocycles. The molecule has 0 saturated heterocycles. The second-order valence-electron chi connectivity index (χ2n) is 6.23. The Kier molecular flexibility index (Phi) is 4.09. The molecule has 25 heavy (non-hydrogen) atoms. The summed E-state index contributed by atoms with van der Waals surface area (Å²) in [5.74, 6) is 2.96. The van der Waals surface area contributed by atoms with E-state index in [-0.39, 0.29) is 5.56 Å². The van der Waals surface area contributed by atoms with Crippen LogP contribution < -0.4 is 10.3 Å². The van der Waals surface area contributed by atoms with E-state index in [0.29, 0.717) is 18.9 Å². The Bertz CT molecular complexity index is 940. The summed E-state index contributed by atoms with van der Waals surface area (Å²) in [5, 5.41) is 4.72. The zero-order valence-corrected chi connectivity index (χ0v) is 14.1. The van der Waals surface area contributed by atoms with Crippen molar-refractivity contribution in [2.45, 2.75) is 31.7 Å². The van der Waals surface area contributed by atoms with Gasteiger partial charge in [0.1, 0.15) is 17.3 Å². The first-order valence-corrected chi connectivity index (χ1v) is 8.51. The number of benzene rings is 1. The molecule has 2 aromatic heterocycles. The number of aromatic nitrogens is 4. The van der Waals surface area contributed by atoms with Crippen LogP contribution >= 0.6 is 0 Å². The average Bonchev–Trinajstić information content (AvgIpc) is 3.41. The summed E-state index contributed by atoms with van der Waals surface area (Å²) in [6, 6.07) is 13.0. The van der Waals surface area contributed by atoms with Crippen molar-refractivity contribution in [2.24, 2.45) is 0 Å². The monoisotopic (exact) mass is 336 g/mol. The van der Waals surface area contributed by atoms with E-state index in [1.54, 1.807) is 30.0 Å². The Balaban J connectivity index is 1.69. The number of hydrogen-bond acceptors (Lipinski definition) is 4. The molecule has 0 atom stereocenters. The molecule has 2 heterocycles. The number of aryl methyl sites for hydroxylation is 2. The molecule has 1 aliphatic carbocycles. The quantitative estimate of drug-likeness (QED) is 0.694. The molecule has 0 bridgehead atoms. The van der Waals surface area contributed by atoms with E-state index in [2.05, 4.69) is 0 Å². The molecule has 1 aliphatic rings. The first-order valence-electron chi connectivity index (χ1n) is 8.51. The van der Waals surface area contributed by atoms with Crippen LogP contribution in [0, 0.1) is 0 Å². The second-order valence-corrected chi connectivity index (χ2v) is 6.23. The van der Waals surface area contributed by atoms with Crippen molar-refractivity contribution < 1.29 is 4.74 Å². The van der Waals surface area contributed by atoms with Crippen molar-refractivity contribution in [3.05, 3.63) is 70.7 Å². The van der Waals surface area contributed by atoms with E-state index in [1.807, 2.05) is 35.0 Å². The van der Waals surface area contributed by atoms with Crippen LogP contribution in [0.15, 0.2) is 53.5 Å². The minimum atomic E-state index is -0.00623. The molecule has 128 valence electrons. The molecule has 1 aromatic carbocycles. The van der Waals surface area contributed by atoms with Gasteiger partial charge < -0.3 is 9.30 Å². The van der Waals surface area contributed by atoms with E-state index in [4.69, 9.17) is 14.8 Å². The summed E-state index contributed by atoms with van der Waals surface area (Å²) >= 11 is 0. The summed E-state index contributed by atoms with van der Waals surface area (Å²) in [7, 11) is 1.65. The molecule has 4 rings (SSSR count). The average molecular weight is 336 g/mol. The van der Waals surface area contributed by atoms with Gasteiger partial charge in [-0.15, -0.1) is 0 Å². The maximum absolute atomic E-state index is 11.9. The number of para-hydroxylation sites is 2. The Morgan fingerprint density at radius 2 is 1.96 bits per heavy atom. The zero-order valence-electron chi connectivity index (χ0n) is 14.1. The molecule has 0 spiro atoms. The van der Waals surface area contributed by atoms with Crippen LogP contribution in [0.2, 0.25) is 0 Å². The number of ether oxygens (including phenoxy) is 1. The highest BCUT2D eigenvalue weighted by atomic mass is 16.5. The van der Waals surface area contributed by atoms with Crippen molar-refractivity contribution in [3.63, 3.8) is 0 Å². The smallest absolute Gasteiger partial charge is 0.250 e. The Morgan fingerprint density at radius 1 is 1.16 bits per heavy atom. The van der Waals surface area contributed by atoms with Crippen LogP contribution in [-0.4, -0.2) is 26.4 Å². The van der Waals surface area contributed by atoms with Gasteiger partial charge in [-0.1, -0.05) is 18.2 Å². The van der Waals surface area contributed by atoms with Crippen molar-refractivity contribution in [2.75, 3.05) is 7.11 Å². The predicted molar refractivity (Wildman–Crippen MR) is 94.3 cm³/mol.